The molecule has 0 atom stereocenters. The number of rotatable bonds is 7. The summed E-state index contributed by atoms with van der Waals surface area (Å²) in [5.74, 6) is -0.223. The van der Waals surface area contributed by atoms with Crippen LogP contribution >= 0.6 is 11.6 Å². The van der Waals surface area contributed by atoms with Crippen molar-refractivity contribution in [3.63, 3.8) is 0 Å². The van der Waals surface area contributed by atoms with Crippen LogP contribution in [0.3, 0.4) is 0 Å². The molecular weight excluding hydrogens is 378 g/mol. The molecule has 0 saturated heterocycles. The minimum Gasteiger partial charge on any atom is -0.478 e. The number of carbonyl (C=O) groups is 2. The third kappa shape index (κ3) is 5.11. The molecule has 3 aromatic rings. The Bertz CT molecular complexity index is 972. The summed E-state index contributed by atoms with van der Waals surface area (Å²) in [5, 5.41) is 12.2. The van der Waals surface area contributed by atoms with Crippen LogP contribution < -0.4 is 10.1 Å². The zero-order valence-corrected chi connectivity index (χ0v) is 15.6. The molecule has 1 amide bonds. The highest BCUT2D eigenvalue weighted by Crippen LogP contribution is 2.27. The lowest BCUT2D eigenvalue weighted by atomic mass is 10.1. The number of aromatic carboxylic acids is 1. The van der Waals surface area contributed by atoms with Crippen LogP contribution in [0.15, 0.2) is 72.8 Å². The second-order valence-corrected chi connectivity index (χ2v) is 6.50. The molecule has 0 unspecified atom stereocenters. The molecule has 0 aromatic heterocycles. The Morgan fingerprint density at radius 3 is 2.36 bits per heavy atom. The maximum absolute atomic E-state index is 12.6. The maximum atomic E-state index is 12.6. The summed E-state index contributed by atoms with van der Waals surface area (Å²) in [4.78, 5) is 23.5. The van der Waals surface area contributed by atoms with Crippen LogP contribution in [0.25, 0.3) is 0 Å². The molecule has 142 valence electrons. The van der Waals surface area contributed by atoms with Gasteiger partial charge in [0.2, 0.25) is 0 Å². The van der Waals surface area contributed by atoms with Gasteiger partial charge in [-0.2, -0.15) is 0 Å². The van der Waals surface area contributed by atoms with E-state index in [-0.39, 0.29) is 11.5 Å². The second kappa shape index (κ2) is 9.06. The van der Waals surface area contributed by atoms with Gasteiger partial charge in [-0.15, -0.1) is 0 Å². The van der Waals surface area contributed by atoms with Gasteiger partial charge in [-0.05, 0) is 54.4 Å². The van der Waals surface area contributed by atoms with Crippen molar-refractivity contribution in [1.29, 1.82) is 0 Å². The number of hydrogen-bond acceptors (Lipinski definition) is 3. The number of hydrogen-bond donors (Lipinski definition) is 2. The topological polar surface area (TPSA) is 75.6 Å². The minimum absolute atomic E-state index is 0.231. The number of para-hydroxylation sites is 1. The van der Waals surface area contributed by atoms with Crippen LogP contribution in [0.4, 0.5) is 0 Å². The number of carbonyl (C=O) groups excluding carboxylic acids is 1. The first-order valence-corrected chi connectivity index (χ1v) is 9.03. The third-order valence-corrected chi connectivity index (χ3v) is 4.29. The van der Waals surface area contributed by atoms with E-state index in [0.29, 0.717) is 35.1 Å². The van der Waals surface area contributed by atoms with Crippen LogP contribution in [-0.2, 0) is 6.42 Å². The fourth-order valence-corrected chi connectivity index (χ4v) is 2.79. The van der Waals surface area contributed by atoms with E-state index in [2.05, 4.69) is 5.32 Å². The quantitative estimate of drug-likeness (QED) is 0.602. The number of nitrogens with one attached hydrogen (secondary N) is 1. The molecular formula is C22H18ClNO4. The van der Waals surface area contributed by atoms with Crippen LogP contribution in [0.5, 0.6) is 11.5 Å². The molecule has 0 radical (unpaired) electrons. The molecule has 0 bridgehead atoms. The molecule has 28 heavy (non-hydrogen) atoms. The van der Waals surface area contributed by atoms with E-state index < -0.39 is 5.97 Å². The van der Waals surface area contributed by atoms with Crippen molar-refractivity contribution in [3.8, 4) is 11.5 Å². The Labute approximate surface area is 167 Å². The summed E-state index contributed by atoms with van der Waals surface area (Å²) in [6.45, 7) is 0.391. The van der Waals surface area contributed by atoms with Crippen molar-refractivity contribution in [2.45, 2.75) is 6.42 Å². The third-order valence-electron chi connectivity index (χ3n) is 4.06. The van der Waals surface area contributed by atoms with Crippen molar-refractivity contribution < 1.29 is 19.4 Å². The standard InChI is InChI=1S/C22H18ClNO4/c23-17-10-11-20(28-18-4-2-1-3-5-18)19(14-17)21(25)24-13-12-15-6-8-16(9-7-15)22(26)27/h1-11,14H,12-13H2,(H,24,25)(H,26,27). The van der Waals surface area contributed by atoms with Gasteiger partial charge >= 0.3 is 5.97 Å². The van der Waals surface area contributed by atoms with E-state index in [1.807, 2.05) is 18.2 Å². The average Bonchev–Trinajstić information content (AvgIpc) is 2.70. The lowest BCUT2D eigenvalue weighted by Gasteiger charge is -2.12. The predicted molar refractivity (Wildman–Crippen MR) is 107 cm³/mol. The largest absolute Gasteiger partial charge is 0.478 e. The number of halogens is 1. The fraction of sp³-hybridized carbons (Fsp3) is 0.0909. The Morgan fingerprint density at radius 2 is 1.68 bits per heavy atom. The smallest absolute Gasteiger partial charge is 0.335 e. The summed E-state index contributed by atoms with van der Waals surface area (Å²) in [6.07, 6.45) is 0.571. The number of amides is 1. The van der Waals surface area contributed by atoms with Gasteiger partial charge in [0.25, 0.3) is 5.91 Å². The maximum Gasteiger partial charge on any atom is 0.335 e. The summed E-state index contributed by atoms with van der Waals surface area (Å²) in [6, 6.07) is 20.6. The van der Waals surface area contributed by atoms with Crippen molar-refractivity contribution in [1.82, 2.24) is 5.32 Å². The number of carboxylic acid groups (broad SMARTS) is 1. The first-order chi connectivity index (χ1) is 13.5. The van der Waals surface area contributed by atoms with Gasteiger partial charge in [0, 0.05) is 11.6 Å². The summed E-state index contributed by atoms with van der Waals surface area (Å²) in [7, 11) is 0. The monoisotopic (exact) mass is 395 g/mol. The van der Waals surface area contributed by atoms with Crippen LogP contribution in [0.2, 0.25) is 5.02 Å². The molecule has 0 aliphatic carbocycles. The van der Waals surface area contributed by atoms with E-state index in [4.69, 9.17) is 21.4 Å². The van der Waals surface area contributed by atoms with Gasteiger partial charge in [0.1, 0.15) is 11.5 Å². The van der Waals surface area contributed by atoms with Crippen LogP contribution in [0.1, 0.15) is 26.3 Å². The minimum atomic E-state index is -0.966. The highest BCUT2D eigenvalue weighted by Gasteiger charge is 2.14. The van der Waals surface area contributed by atoms with Crippen LogP contribution in [0, 0.1) is 0 Å². The molecule has 2 N–H and O–H groups in total. The van der Waals surface area contributed by atoms with Crippen molar-refractivity contribution in [2.75, 3.05) is 6.54 Å². The average molecular weight is 396 g/mol. The van der Waals surface area contributed by atoms with E-state index >= 15 is 0 Å². The second-order valence-electron chi connectivity index (χ2n) is 6.06. The molecule has 0 saturated carbocycles. The van der Waals surface area contributed by atoms with E-state index in [0.717, 1.165) is 5.56 Å². The van der Waals surface area contributed by atoms with E-state index in [9.17, 15) is 9.59 Å². The highest BCUT2D eigenvalue weighted by molar-refractivity contribution is 6.31. The zero-order chi connectivity index (χ0) is 19.9. The van der Waals surface area contributed by atoms with Gasteiger partial charge in [0.15, 0.2) is 0 Å². The first-order valence-electron chi connectivity index (χ1n) is 8.66. The molecule has 6 heteroatoms. The molecule has 5 nitrogen and oxygen atoms in total. The number of benzene rings is 3. The zero-order valence-electron chi connectivity index (χ0n) is 14.9. The molecule has 0 spiro atoms. The normalized spacial score (nSPS) is 10.3. The summed E-state index contributed by atoms with van der Waals surface area (Å²) < 4.78 is 5.81. The predicted octanol–water partition coefficient (Wildman–Crippen LogP) is 4.80. The SMILES string of the molecule is O=C(O)c1ccc(CCNC(=O)c2cc(Cl)ccc2Oc2ccccc2)cc1. The Hall–Kier alpha value is -3.31. The lowest BCUT2D eigenvalue weighted by molar-refractivity contribution is 0.0696. The fourth-order valence-electron chi connectivity index (χ4n) is 2.61. The number of ether oxygens (including phenoxy) is 1. The molecule has 0 aliphatic heterocycles. The first kappa shape index (κ1) is 19.5. The molecule has 0 heterocycles. The van der Waals surface area contributed by atoms with Gasteiger partial charge < -0.3 is 15.2 Å². The highest BCUT2D eigenvalue weighted by atomic mass is 35.5. The van der Waals surface area contributed by atoms with Crippen molar-refractivity contribution in [2.24, 2.45) is 0 Å². The van der Waals surface area contributed by atoms with Gasteiger partial charge in [-0.3, -0.25) is 4.79 Å². The summed E-state index contributed by atoms with van der Waals surface area (Å²) >= 11 is 6.05. The number of carboxylic acids is 1. The Morgan fingerprint density at radius 1 is 0.964 bits per heavy atom. The van der Waals surface area contributed by atoms with E-state index in [1.54, 1.807) is 54.6 Å². The van der Waals surface area contributed by atoms with Crippen LogP contribution in [-0.4, -0.2) is 23.5 Å². The van der Waals surface area contributed by atoms with Crippen molar-refractivity contribution in [3.05, 3.63) is 94.5 Å². The lowest BCUT2D eigenvalue weighted by Crippen LogP contribution is -2.26. The van der Waals surface area contributed by atoms with Gasteiger partial charge in [-0.25, -0.2) is 4.79 Å². The molecule has 0 fully saturated rings. The molecule has 3 aromatic carbocycles. The Balaban J connectivity index is 1.65. The van der Waals surface area contributed by atoms with Gasteiger partial charge in [-0.1, -0.05) is 41.9 Å². The Kier molecular flexibility index (Phi) is 6.29. The van der Waals surface area contributed by atoms with Gasteiger partial charge in [0.05, 0.1) is 11.1 Å². The summed E-state index contributed by atoms with van der Waals surface area (Å²) in [5.41, 5.74) is 1.50. The molecule has 3 rings (SSSR count). The molecule has 0 aliphatic rings. The van der Waals surface area contributed by atoms with E-state index in [1.165, 1.54) is 0 Å². The van der Waals surface area contributed by atoms with Crippen molar-refractivity contribution >= 4 is 23.5 Å².